The van der Waals surface area contributed by atoms with Gasteiger partial charge in [0.05, 0.1) is 0 Å². The van der Waals surface area contributed by atoms with Gasteiger partial charge in [-0.1, -0.05) is 32.9 Å². The summed E-state index contributed by atoms with van der Waals surface area (Å²) in [7, 11) is -1.91. The molecule has 1 saturated heterocycles. The van der Waals surface area contributed by atoms with E-state index in [0.29, 0.717) is 19.7 Å². The van der Waals surface area contributed by atoms with E-state index < -0.39 is 37.4 Å². The molecule has 0 saturated carbocycles. The van der Waals surface area contributed by atoms with Gasteiger partial charge in [-0.2, -0.15) is 0 Å². The van der Waals surface area contributed by atoms with Crippen molar-refractivity contribution in [1.29, 1.82) is 0 Å². The fourth-order valence-corrected chi connectivity index (χ4v) is 4.84. The average Bonchev–Trinajstić information content (AvgIpc) is 3.18. The number of likely N-dealkylation sites (tertiary alicyclic amines) is 1. The van der Waals surface area contributed by atoms with Crippen LogP contribution >= 0.6 is 0 Å². The molecule has 0 aromatic heterocycles. The largest absolute Gasteiger partial charge is 0.519 e. The van der Waals surface area contributed by atoms with Crippen LogP contribution in [0.15, 0.2) is 24.3 Å². The maximum Gasteiger partial charge on any atom is 0.519 e. The Morgan fingerprint density at radius 1 is 0.814 bits per heavy atom. The van der Waals surface area contributed by atoms with Crippen molar-refractivity contribution in [2.24, 2.45) is 5.92 Å². The minimum atomic E-state index is -1.91. The summed E-state index contributed by atoms with van der Waals surface area (Å²) in [5.41, 5.74) is -1.02. The Bertz CT molecular complexity index is 1070. The molecule has 0 spiro atoms. The summed E-state index contributed by atoms with van der Waals surface area (Å²) >= 11 is 0. The fourth-order valence-electron chi connectivity index (χ4n) is 3.77. The molecule has 11 heteroatoms. The first-order chi connectivity index (χ1) is 19.2. The second-order valence-electron chi connectivity index (χ2n) is 15.4. The maximum atomic E-state index is 13.8. The van der Waals surface area contributed by atoms with Gasteiger partial charge in [-0.05, 0) is 98.1 Å². The van der Waals surface area contributed by atoms with Crippen LogP contribution in [-0.4, -0.2) is 68.1 Å². The summed E-state index contributed by atoms with van der Waals surface area (Å²) in [5, 5.41) is 0.116. The van der Waals surface area contributed by atoms with E-state index in [1.165, 1.54) is 6.07 Å². The van der Waals surface area contributed by atoms with E-state index in [2.05, 4.69) is 38.6 Å². The van der Waals surface area contributed by atoms with Crippen LogP contribution in [0.4, 0.5) is 18.8 Å². The van der Waals surface area contributed by atoms with Gasteiger partial charge in [0, 0.05) is 31.5 Å². The number of amides is 1. The molecule has 1 aliphatic rings. The van der Waals surface area contributed by atoms with Crippen LogP contribution in [0, 0.1) is 11.7 Å². The highest BCUT2D eigenvalue weighted by Crippen LogP contribution is 2.39. The van der Waals surface area contributed by atoms with Gasteiger partial charge in [-0.3, -0.25) is 0 Å². The molecule has 246 valence electrons. The van der Waals surface area contributed by atoms with Gasteiger partial charge in [-0.25, -0.2) is 18.8 Å². The van der Waals surface area contributed by atoms with Crippen LogP contribution in [-0.2, 0) is 23.4 Å². The smallest absolute Gasteiger partial charge is 0.444 e. The summed E-state index contributed by atoms with van der Waals surface area (Å²) in [4.78, 5) is 36.4. The van der Waals surface area contributed by atoms with E-state index in [1.807, 2.05) is 26.8 Å². The van der Waals surface area contributed by atoms with Crippen LogP contribution in [0.1, 0.15) is 94.6 Å². The Labute approximate surface area is 258 Å². The summed E-state index contributed by atoms with van der Waals surface area (Å²) in [6, 6.07) is 6.69. The molecule has 2 rings (SSSR count). The second kappa shape index (κ2) is 14.4. The topological polar surface area (TPSA) is 101 Å². The predicted molar refractivity (Wildman–Crippen MR) is 167 cm³/mol. The van der Waals surface area contributed by atoms with Crippen LogP contribution in [0.2, 0.25) is 18.1 Å². The van der Waals surface area contributed by atoms with E-state index in [4.69, 9.17) is 18.6 Å². The molecule has 1 aliphatic heterocycles. The molecule has 1 heterocycles. The molecule has 2 atom stereocenters. The number of benzene rings is 1. The number of hydrogen-bond donors (Lipinski definition) is 0. The van der Waals surface area contributed by atoms with Gasteiger partial charge in [-0.15, -0.1) is 0 Å². The standard InChI is InChI=1S/C22H36FNO3Si.C10H18O5/c1-21(2,3)27-20(25)24-13-17(15-26-28(7,8)22(4,5)6)19(14-24)16-10-9-11-18(23)12-16;1-9(2,3)14-7(11)13-8(12)15-10(4,5)6/h9-12,17,19H,13-15H2,1-8H3;1-6H3/t17-,19-;/m1./s1. The lowest BCUT2D eigenvalue weighted by Gasteiger charge is -2.37. The number of carbonyl (C=O) groups is 3. The first-order valence-corrected chi connectivity index (χ1v) is 17.6. The molecule has 0 aliphatic carbocycles. The Hall–Kier alpha value is -2.66. The summed E-state index contributed by atoms with van der Waals surface area (Å²) in [6.45, 7) is 28.4. The number of nitrogens with zero attached hydrogens (tertiary/aromatic N) is 1. The van der Waals surface area contributed by atoms with Crippen molar-refractivity contribution in [3.8, 4) is 0 Å². The third-order valence-corrected chi connectivity index (χ3v) is 11.3. The minimum absolute atomic E-state index is 0.0352. The maximum absolute atomic E-state index is 13.8. The molecule has 9 nitrogen and oxygen atoms in total. The summed E-state index contributed by atoms with van der Waals surface area (Å²) in [6.07, 6.45) is -2.43. The predicted octanol–water partition coefficient (Wildman–Crippen LogP) is 8.67. The Kier molecular flexibility index (Phi) is 12.9. The number of hydrogen-bond acceptors (Lipinski definition) is 8. The van der Waals surface area contributed by atoms with Crippen LogP contribution < -0.4 is 0 Å². The zero-order valence-corrected chi connectivity index (χ0v) is 29.7. The lowest BCUT2D eigenvalue weighted by molar-refractivity contribution is -0.0294. The quantitative estimate of drug-likeness (QED) is 0.141. The fraction of sp³-hybridized carbons (Fsp3) is 0.719. The Morgan fingerprint density at radius 3 is 1.72 bits per heavy atom. The van der Waals surface area contributed by atoms with E-state index in [1.54, 1.807) is 58.6 Å². The molecule has 43 heavy (non-hydrogen) atoms. The van der Waals surface area contributed by atoms with E-state index >= 15 is 0 Å². The Morgan fingerprint density at radius 2 is 1.30 bits per heavy atom. The molecule has 1 aromatic rings. The van der Waals surface area contributed by atoms with Crippen LogP contribution in [0.25, 0.3) is 0 Å². The Balaban J connectivity index is 0.000000523. The third kappa shape index (κ3) is 14.6. The highest BCUT2D eigenvalue weighted by molar-refractivity contribution is 6.74. The van der Waals surface area contributed by atoms with E-state index in [9.17, 15) is 18.8 Å². The first-order valence-electron chi connectivity index (χ1n) is 14.7. The SMILES string of the molecule is CC(C)(C)OC(=O)N1C[C@H](CO[Si](C)(C)C(C)(C)C)[C@@H](c2cccc(F)c2)C1.CC(C)(C)OC(=O)OC(=O)OC(C)(C)C. The average molecular weight is 628 g/mol. The first kappa shape index (κ1) is 38.4. The third-order valence-electron chi connectivity index (χ3n) is 6.78. The van der Waals surface area contributed by atoms with Gasteiger partial charge >= 0.3 is 18.4 Å². The summed E-state index contributed by atoms with van der Waals surface area (Å²) in [5.74, 6) is -0.103. The van der Waals surface area contributed by atoms with Crippen molar-refractivity contribution < 1.29 is 42.1 Å². The molecule has 1 fully saturated rings. The van der Waals surface area contributed by atoms with Crippen molar-refractivity contribution in [3.63, 3.8) is 0 Å². The van der Waals surface area contributed by atoms with E-state index in [0.717, 1.165) is 5.56 Å². The van der Waals surface area contributed by atoms with Crippen molar-refractivity contribution >= 4 is 26.7 Å². The molecule has 1 amide bonds. The monoisotopic (exact) mass is 627 g/mol. The van der Waals surface area contributed by atoms with E-state index in [-0.39, 0.29) is 28.8 Å². The van der Waals surface area contributed by atoms with Gasteiger partial charge in [0.25, 0.3) is 0 Å². The van der Waals surface area contributed by atoms with Gasteiger partial charge in [0.1, 0.15) is 22.6 Å². The normalized spacial score (nSPS) is 17.9. The lowest BCUT2D eigenvalue weighted by atomic mass is 9.89. The highest BCUT2D eigenvalue weighted by Gasteiger charge is 2.42. The number of rotatable bonds is 4. The van der Waals surface area contributed by atoms with Crippen LogP contribution in [0.5, 0.6) is 0 Å². The lowest BCUT2D eigenvalue weighted by Crippen LogP contribution is -2.42. The highest BCUT2D eigenvalue weighted by atomic mass is 28.4. The molecule has 1 aromatic carbocycles. The molecule has 0 radical (unpaired) electrons. The van der Waals surface area contributed by atoms with Gasteiger partial charge in [0.2, 0.25) is 0 Å². The van der Waals surface area contributed by atoms with Crippen LogP contribution in [0.3, 0.4) is 0 Å². The van der Waals surface area contributed by atoms with Crippen molar-refractivity contribution in [1.82, 2.24) is 4.90 Å². The second-order valence-corrected chi connectivity index (χ2v) is 20.2. The molecular weight excluding hydrogens is 573 g/mol. The zero-order chi connectivity index (χ0) is 33.6. The van der Waals surface area contributed by atoms with Gasteiger partial charge in [0.15, 0.2) is 8.32 Å². The van der Waals surface area contributed by atoms with Crippen molar-refractivity contribution in [2.45, 2.75) is 124 Å². The number of ether oxygens (including phenoxy) is 4. The summed E-state index contributed by atoms with van der Waals surface area (Å²) < 4.78 is 39.6. The number of halogens is 1. The molecule has 0 unspecified atom stereocenters. The van der Waals surface area contributed by atoms with Crippen molar-refractivity contribution in [2.75, 3.05) is 19.7 Å². The van der Waals surface area contributed by atoms with Crippen molar-refractivity contribution in [3.05, 3.63) is 35.6 Å². The molecular formula is C32H54FNO8Si. The molecule has 0 bridgehead atoms. The zero-order valence-electron chi connectivity index (χ0n) is 28.7. The number of carbonyl (C=O) groups excluding carboxylic acids is 3. The van der Waals surface area contributed by atoms with Gasteiger partial charge < -0.3 is 28.3 Å². The molecule has 0 N–H and O–H groups in total. The minimum Gasteiger partial charge on any atom is -0.444 e.